The van der Waals surface area contributed by atoms with Crippen LogP contribution in [0.25, 0.3) is 11.0 Å². The van der Waals surface area contributed by atoms with E-state index in [1.807, 2.05) is 20.0 Å². The minimum atomic E-state index is -0.0998. The smallest absolute Gasteiger partial charge is 0.253 e. The molecule has 0 spiro atoms. The Bertz CT molecular complexity index is 942. The molecule has 4 rings (SSSR count). The third-order valence-corrected chi connectivity index (χ3v) is 4.80. The number of hydrogen-bond donors (Lipinski definition) is 1. The summed E-state index contributed by atoms with van der Waals surface area (Å²) in [5, 5.41) is 16.8. The first kappa shape index (κ1) is 15.7. The minimum absolute atomic E-state index is 0.0759. The lowest BCUT2D eigenvalue weighted by molar-refractivity contribution is 0.0927. The Balaban J connectivity index is 1.53. The van der Waals surface area contributed by atoms with Crippen molar-refractivity contribution in [2.24, 2.45) is 7.05 Å². The van der Waals surface area contributed by atoms with Gasteiger partial charge in [0.2, 0.25) is 0 Å². The largest absolute Gasteiger partial charge is 0.347 e. The van der Waals surface area contributed by atoms with E-state index >= 15 is 0 Å². The molecule has 8 heteroatoms. The van der Waals surface area contributed by atoms with Crippen LogP contribution in [0.5, 0.6) is 0 Å². The number of nitrogens with zero attached hydrogens (tertiary/aromatic N) is 6. The van der Waals surface area contributed by atoms with E-state index in [-0.39, 0.29) is 11.9 Å². The average molecular weight is 339 g/mol. The highest BCUT2D eigenvalue weighted by Crippen LogP contribution is 2.18. The molecule has 1 N–H and O–H groups in total. The molecule has 130 valence electrons. The Hall–Kier alpha value is -2.77. The number of carbonyl (C=O) groups excluding carboxylic acids is 1. The van der Waals surface area contributed by atoms with E-state index in [2.05, 4.69) is 37.1 Å². The number of rotatable bonds is 3. The second-order valence-electron chi connectivity index (χ2n) is 6.51. The standard InChI is InChI=1S/C17H21N7O/c1-4-14-20-21-15-6-5-12(9-24(14)15)19-17(25)11-7-13-10(2)22-23(3)16(13)18-8-11/h7-8,12H,4-6,9H2,1-3H3,(H,19,25)/t12-/m1/s1. The maximum Gasteiger partial charge on any atom is 0.253 e. The molecule has 4 heterocycles. The van der Waals surface area contributed by atoms with Crippen molar-refractivity contribution >= 4 is 16.9 Å². The van der Waals surface area contributed by atoms with Crippen LogP contribution in [0.15, 0.2) is 12.3 Å². The molecular formula is C17H21N7O. The number of aryl methyl sites for hydroxylation is 4. The number of nitrogens with one attached hydrogen (secondary N) is 1. The van der Waals surface area contributed by atoms with Crippen molar-refractivity contribution in [3.05, 3.63) is 35.2 Å². The molecule has 3 aromatic rings. The minimum Gasteiger partial charge on any atom is -0.347 e. The fraction of sp³-hybridized carbons (Fsp3) is 0.471. The fourth-order valence-electron chi connectivity index (χ4n) is 3.46. The Morgan fingerprint density at radius 3 is 3.04 bits per heavy atom. The molecule has 0 saturated carbocycles. The van der Waals surface area contributed by atoms with E-state index in [0.29, 0.717) is 5.56 Å². The van der Waals surface area contributed by atoms with Gasteiger partial charge in [-0.2, -0.15) is 5.10 Å². The molecule has 0 aromatic carbocycles. The third-order valence-electron chi connectivity index (χ3n) is 4.80. The van der Waals surface area contributed by atoms with Crippen LogP contribution in [-0.2, 0) is 26.4 Å². The van der Waals surface area contributed by atoms with Crippen molar-refractivity contribution in [2.45, 2.75) is 45.7 Å². The van der Waals surface area contributed by atoms with E-state index < -0.39 is 0 Å². The number of pyridine rings is 1. The first-order valence-corrected chi connectivity index (χ1v) is 8.58. The maximum absolute atomic E-state index is 12.7. The summed E-state index contributed by atoms with van der Waals surface area (Å²) < 4.78 is 3.86. The Morgan fingerprint density at radius 2 is 2.24 bits per heavy atom. The molecule has 0 radical (unpaired) electrons. The zero-order valence-corrected chi connectivity index (χ0v) is 14.7. The lowest BCUT2D eigenvalue weighted by Crippen LogP contribution is -2.41. The van der Waals surface area contributed by atoms with Crippen LogP contribution < -0.4 is 5.32 Å². The SMILES string of the molecule is CCc1nnc2n1C[C@H](NC(=O)c1cnc3c(c1)c(C)nn3C)CC2. The summed E-state index contributed by atoms with van der Waals surface area (Å²) in [5.41, 5.74) is 2.22. The number of fused-ring (bicyclic) bond motifs is 2. The summed E-state index contributed by atoms with van der Waals surface area (Å²) in [6.07, 6.45) is 4.16. The summed E-state index contributed by atoms with van der Waals surface area (Å²) in [4.78, 5) is 17.0. The Morgan fingerprint density at radius 1 is 1.40 bits per heavy atom. The molecule has 0 bridgehead atoms. The van der Waals surface area contributed by atoms with Gasteiger partial charge in [-0.1, -0.05) is 6.92 Å². The highest BCUT2D eigenvalue weighted by molar-refractivity contribution is 5.97. The monoisotopic (exact) mass is 339 g/mol. The van der Waals surface area contributed by atoms with Crippen LogP contribution >= 0.6 is 0 Å². The molecule has 0 fully saturated rings. The van der Waals surface area contributed by atoms with E-state index in [1.165, 1.54) is 0 Å². The normalized spacial score (nSPS) is 16.8. The quantitative estimate of drug-likeness (QED) is 0.774. The van der Waals surface area contributed by atoms with E-state index in [0.717, 1.165) is 54.2 Å². The Kier molecular flexibility index (Phi) is 3.74. The van der Waals surface area contributed by atoms with Crippen molar-refractivity contribution in [3.8, 4) is 0 Å². The van der Waals surface area contributed by atoms with Gasteiger partial charge in [0.25, 0.3) is 5.91 Å². The van der Waals surface area contributed by atoms with Gasteiger partial charge < -0.3 is 9.88 Å². The lowest BCUT2D eigenvalue weighted by Gasteiger charge is -2.25. The van der Waals surface area contributed by atoms with Gasteiger partial charge in [0, 0.05) is 44.1 Å². The topological polar surface area (TPSA) is 90.5 Å². The zero-order valence-electron chi connectivity index (χ0n) is 14.7. The molecule has 0 unspecified atom stereocenters. The molecular weight excluding hydrogens is 318 g/mol. The van der Waals surface area contributed by atoms with Crippen LogP contribution in [0.2, 0.25) is 0 Å². The second kappa shape index (κ2) is 5.94. The van der Waals surface area contributed by atoms with Gasteiger partial charge in [0.05, 0.1) is 11.3 Å². The first-order chi connectivity index (χ1) is 12.1. The van der Waals surface area contributed by atoms with Gasteiger partial charge in [-0.25, -0.2) is 4.98 Å². The zero-order chi connectivity index (χ0) is 17.6. The van der Waals surface area contributed by atoms with Gasteiger partial charge >= 0.3 is 0 Å². The lowest BCUT2D eigenvalue weighted by atomic mass is 10.1. The average Bonchev–Trinajstić information content (AvgIpc) is 3.15. The highest BCUT2D eigenvalue weighted by atomic mass is 16.1. The van der Waals surface area contributed by atoms with Crippen LogP contribution in [0.1, 0.15) is 41.0 Å². The maximum atomic E-state index is 12.7. The predicted octanol–water partition coefficient (Wildman–Crippen LogP) is 1.18. The predicted molar refractivity (Wildman–Crippen MR) is 92.2 cm³/mol. The second-order valence-corrected chi connectivity index (χ2v) is 6.51. The number of amides is 1. The van der Waals surface area contributed by atoms with E-state index in [9.17, 15) is 4.79 Å². The molecule has 25 heavy (non-hydrogen) atoms. The fourth-order valence-corrected chi connectivity index (χ4v) is 3.46. The number of hydrogen-bond acceptors (Lipinski definition) is 5. The summed E-state index contributed by atoms with van der Waals surface area (Å²) in [5.74, 6) is 1.89. The molecule has 1 atom stereocenters. The van der Waals surface area contributed by atoms with Gasteiger partial charge in [0.1, 0.15) is 11.6 Å². The van der Waals surface area contributed by atoms with Gasteiger partial charge in [-0.15, -0.1) is 10.2 Å². The summed E-state index contributed by atoms with van der Waals surface area (Å²) in [7, 11) is 1.85. The van der Waals surface area contributed by atoms with E-state index in [4.69, 9.17) is 0 Å². The molecule has 0 aliphatic carbocycles. The van der Waals surface area contributed by atoms with Crippen LogP contribution in [0, 0.1) is 6.92 Å². The molecule has 8 nitrogen and oxygen atoms in total. The van der Waals surface area contributed by atoms with Crippen molar-refractivity contribution in [1.82, 2.24) is 34.8 Å². The number of carbonyl (C=O) groups is 1. The van der Waals surface area contributed by atoms with Crippen molar-refractivity contribution in [1.29, 1.82) is 0 Å². The summed E-state index contributed by atoms with van der Waals surface area (Å²) in [6, 6.07) is 1.94. The molecule has 1 aliphatic heterocycles. The highest BCUT2D eigenvalue weighted by Gasteiger charge is 2.24. The molecule has 3 aromatic heterocycles. The van der Waals surface area contributed by atoms with Gasteiger partial charge in [-0.05, 0) is 19.4 Å². The molecule has 1 aliphatic rings. The summed E-state index contributed by atoms with van der Waals surface area (Å²) in [6.45, 7) is 4.71. The van der Waals surface area contributed by atoms with Gasteiger partial charge in [-0.3, -0.25) is 9.48 Å². The van der Waals surface area contributed by atoms with E-state index in [1.54, 1.807) is 10.9 Å². The number of aromatic nitrogens is 6. The van der Waals surface area contributed by atoms with Crippen LogP contribution in [-0.4, -0.2) is 41.5 Å². The van der Waals surface area contributed by atoms with Crippen molar-refractivity contribution in [2.75, 3.05) is 0 Å². The summed E-state index contributed by atoms with van der Waals surface area (Å²) >= 11 is 0. The molecule has 0 saturated heterocycles. The third kappa shape index (κ3) is 2.67. The van der Waals surface area contributed by atoms with Crippen LogP contribution in [0.4, 0.5) is 0 Å². The van der Waals surface area contributed by atoms with Crippen molar-refractivity contribution in [3.63, 3.8) is 0 Å². The van der Waals surface area contributed by atoms with Crippen molar-refractivity contribution < 1.29 is 4.79 Å². The molecule has 1 amide bonds. The van der Waals surface area contributed by atoms with Crippen LogP contribution in [0.3, 0.4) is 0 Å². The Labute approximate surface area is 145 Å². The first-order valence-electron chi connectivity index (χ1n) is 8.58. The van der Waals surface area contributed by atoms with Gasteiger partial charge in [0.15, 0.2) is 5.65 Å².